The predicted molar refractivity (Wildman–Crippen MR) is 60.5 cm³/mol. The molecular weight excluding hydrogens is 190 g/mol. The zero-order chi connectivity index (χ0) is 10.9. The molecule has 0 aromatic rings. The SMILES string of the molecule is C#CCCCCNCCN1CCNC1=O. The van der Waals surface area contributed by atoms with Crippen LogP contribution in [0.2, 0.25) is 0 Å². The summed E-state index contributed by atoms with van der Waals surface area (Å²) in [7, 11) is 0. The molecule has 1 aliphatic heterocycles. The zero-order valence-electron chi connectivity index (χ0n) is 9.09. The smallest absolute Gasteiger partial charge is 0.317 e. The molecule has 0 atom stereocenters. The van der Waals surface area contributed by atoms with Crippen molar-refractivity contribution in [1.82, 2.24) is 15.5 Å². The van der Waals surface area contributed by atoms with Gasteiger partial charge in [0.15, 0.2) is 0 Å². The number of carbonyl (C=O) groups excluding carboxylic acids is 1. The van der Waals surface area contributed by atoms with Crippen LogP contribution in [0.4, 0.5) is 4.79 Å². The Labute approximate surface area is 91.4 Å². The summed E-state index contributed by atoms with van der Waals surface area (Å²) in [5.74, 6) is 2.62. The van der Waals surface area contributed by atoms with E-state index in [1.807, 2.05) is 4.90 Å². The van der Waals surface area contributed by atoms with Gasteiger partial charge in [-0.2, -0.15) is 0 Å². The van der Waals surface area contributed by atoms with E-state index < -0.39 is 0 Å². The van der Waals surface area contributed by atoms with E-state index in [9.17, 15) is 4.79 Å². The maximum Gasteiger partial charge on any atom is 0.317 e. The molecule has 0 bridgehead atoms. The van der Waals surface area contributed by atoms with Crippen molar-refractivity contribution >= 4 is 6.03 Å². The molecule has 0 aromatic heterocycles. The van der Waals surface area contributed by atoms with Gasteiger partial charge >= 0.3 is 6.03 Å². The molecule has 0 unspecified atom stereocenters. The maximum atomic E-state index is 11.1. The summed E-state index contributed by atoms with van der Waals surface area (Å²) in [6.45, 7) is 4.25. The molecular formula is C11H19N3O. The number of carbonyl (C=O) groups is 1. The van der Waals surface area contributed by atoms with Gasteiger partial charge in [0.2, 0.25) is 0 Å². The van der Waals surface area contributed by atoms with Crippen LogP contribution in [0.5, 0.6) is 0 Å². The number of amides is 2. The summed E-state index contributed by atoms with van der Waals surface area (Å²) in [5.41, 5.74) is 0. The van der Waals surface area contributed by atoms with Crippen LogP contribution in [0.1, 0.15) is 19.3 Å². The lowest BCUT2D eigenvalue weighted by molar-refractivity contribution is 0.217. The van der Waals surface area contributed by atoms with Gasteiger partial charge in [-0.3, -0.25) is 0 Å². The Morgan fingerprint density at radius 2 is 2.33 bits per heavy atom. The van der Waals surface area contributed by atoms with Crippen molar-refractivity contribution in [2.75, 3.05) is 32.7 Å². The van der Waals surface area contributed by atoms with Crippen LogP contribution in [-0.2, 0) is 0 Å². The zero-order valence-corrected chi connectivity index (χ0v) is 9.09. The Morgan fingerprint density at radius 3 is 3.00 bits per heavy atom. The average Bonchev–Trinajstić information content (AvgIpc) is 2.63. The highest BCUT2D eigenvalue weighted by molar-refractivity contribution is 5.76. The summed E-state index contributed by atoms with van der Waals surface area (Å²) in [5, 5.41) is 6.08. The van der Waals surface area contributed by atoms with Gasteiger partial charge < -0.3 is 15.5 Å². The molecule has 0 spiro atoms. The van der Waals surface area contributed by atoms with Gasteiger partial charge in [-0.25, -0.2) is 4.79 Å². The van der Waals surface area contributed by atoms with Crippen molar-refractivity contribution in [2.45, 2.75) is 19.3 Å². The molecule has 4 heteroatoms. The van der Waals surface area contributed by atoms with Crippen LogP contribution < -0.4 is 10.6 Å². The van der Waals surface area contributed by atoms with E-state index in [1.54, 1.807) is 0 Å². The molecule has 2 N–H and O–H groups in total. The van der Waals surface area contributed by atoms with E-state index in [-0.39, 0.29) is 6.03 Å². The molecule has 1 fully saturated rings. The molecule has 0 aliphatic carbocycles. The minimum atomic E-state index is 0.0594. The number of nitrogens with zero attached hydrogens (tertiary/aromatic N) is 1. The third-order valence-corrected chi connectivity index (χ3v) is 2.43. The fraction of sp³-hybridized carbons (Fsp3) is 0.727. The molecule has 1 saturated heterocycles. The van der Waals surface area contributed by atoms with Crippen molar-refractivity contribution in [3.63, 3.8) is 0 Å². The molecule has 4 nitrogen and oxygen atoms in total. The summed E-state index contributed by atoms with van der Waals surface area (Å²) < 4.78 is 0. The van der Waals surface area contributed by atoms with Crippen molar-refractivity contribution in [2.24, 2.45) is 0 Å². The van der Waals surface area contributed by atoms with Gasteiger partial charge in [-0.1, -0.05) is 0 Å². The fourth-order valence-electron chi connectivity index (χ4n) is 1.54. The van der Waals surface area contributed by atoms with Gasteiger partial charge in [0.05, 0.1) is 0 Å². The van der Waals surface area contributed by atoms with Crippen LogP contribution in [-0.4, -0.2) is 43.7 Å². The Morgan fingerprint density at radius 1 is 1.47 bits per heavy atom. The van der Waals surface area contributed by atoms with E-state index in [0.29, 0.717) is 0 Å². The lowest BCUT2D eigenvalue weighted by Crippen LogP contribution is -2.34. The Kier molecular flexibility index (Phi) is 5.64. The first kappa shape index (κ1) is 11.9. The van der Waals surface area contributed by atoms with E-state index in [0.717, 1.165) is 52.0 Å². The topological polar surface area (TPSA) is 44.4 Å². The predicted octanol–water partition coefficient (Wildman–Crippen LogP) is 0.405. The molecule has 1 heterocycles. The normalized spacial score (nSPS) is 15.1. The van der Waals surface area contributed by atoms with Crippen LogP contribution in [0, 0.1) is 12.3 Å². The molecule has 1 aliphatic rings. The Hall–Kier alpha value is -1.21. The third kappa shape index (κ3) is 4.71. The van der Waals surface area contributed by atoms with Gasteiger partial charge in [-0.15, -0.1) is 12.3 Å². The molecule has 84 valence electrons. The molecule has 1 rings (SSSR count). The highest BCUT2D eigenvalue weighted by Crippen LogP contribution is 1.95. The minimum absolute atomic E-state index is 0.0594. The van der Waals surface area contributed by atoms with Crippen molar-refractivity contribution in [3.05, 3.63) is 0 Å². The summed E-state index contributed by atoms with van der Waals surface area (Å²) in [6, 6.07) is 0.0594. The quantitative estimate of drug-likeness (QED) is 0.471. The highest BCUT2D eigenvalue weighted by Gasteiger charge is 2.17. The average molecular weight is 209 g/mol. The lowest BCUT2D eigenvalue weighted by atomic mass is 10.2. The van der Waals surface area contributed by atoms with Gasteiger partial charge in [-0.05, 0) is 19.4 Å². The number of nitrogens with one attached hydrogen (secondary N) is 2. The van der Waals surface area contributed by atoms with Crippen molar-refractivity contribution in [1.29, 1.82) is 0 Å². The van der Waals surface area contributed by atoms with Crippen LogP contribution in [0.25, 0.3) is 0 Å². The van der Waals surface area contributed by atoms with E-state index in [4.69, 9.17) is 6.42 Å². The minimum Gasteiger partial charge on any atom is -0.336 e. The molecule has 15 heavy (non-hydrogen) atoms. The number of hydrogen-bond donors (Lipinski definition) is 2. The van der Waals surface area contributed by atoms with Crippen molar-refractivity contribution in [3.8, 4) is 12.3 Å². The largest absolute Gasteiger partial charge is 0.336 e. The van der Waals surface area contributed by atoms with E-state index in [2.05, 4.69) is 16.6 Å². The summed E-state index contributed by atoms with van der Waals surface area (Å²) in [4.78, 5) is 13.0. The Bertz CT molecular complexity index is 234. The standard InChI is InChI=1S/C11H19N3O/c1-2-3-4-5-6-12-7-9-14-10-8-13-11(14)15/h1,12H,3-10H2,(H,13,15). The molecule has 0 saturated carbocycles. The van der Waals surface area contributed by atoms with E-state index >= 15 is 0 Å². The first-order valence-corrected chi connectivity index (χ1v) is 5.51. The van der Waals surface area contributed by atoms with Gasteiger partial charge in [0.25, 0.3) is 0 Å². The molecule has 2 amide bonds. The third-order valence-electron chi connectivity index (χ3n) is 2.43. The highest BCUT2D eigenvalue weighted by atomic mass is 16.2. The second-order valence-electron chi connectivity index (χ2n) is 3.63. The number of unbranched alkanes of at least 4 members (excludes halogenated alkanes) is 2. The molecule has 0 aromatic carbocycles. The first-order valence-electron chi connectivity index (χ1n) is 5.51. The van der Waals surface area contributed by atoms with Crippen LogP contribution in [0.15, 0.2) is 0 Å². The summed E-state index contributed by atoms with van der Waals surface area (Å²) in [6.07, 6.45) is 8.19. The first-order chi connectivity index (χ1) is 7.34. The van der Waals surface area contributed by atoms with Crippen LogP contribution >= 0.6 is 0 Å². The monoisotopic (exact) mass is 209 g/mol. The van der Waals surface area contributed by atoms with Crippen molar-refractivity contribution < 1.29 is 4.79 Å². The van der Waals surface area contributed by atoms with Gasteiger partial charge in [0, 0.05) is 32.6 Å². The number of urea groups is 1. The number of rotatable bonds is 7. The fourth-order valence-corrected chi connectivity index (χ4v) is 1.54. The second kappa shape index (κ2) is 7.13. The van der Waals surface area contributed by atoms with E-state index in [1.165, 1.54) is 0 Å². The lowest BCUT2D eigenvalue weighted by Gasteiger charge is -2.13. The van der Waals surface area contributed by atoms with Gasteiger partial charge in [0.1, 0.15) is 0 Å². The molecule has 0 radical (unpaired) electrons. The second-order valence-corrected chi connectivity index (χ2v) is 3.63. The maximum absolute atomic E-state index is 11.1. The Balaban J connectivity index is 1.89. The summed E-state index contributed by atoms with van der Waals surface area (Å²) >= 11 is 0. The number of terminal acetylenes is 1. The van der Waals surface area contributed by atoms with Crippen LogP contribution in [0.3, 0.4) is 0 Å². The number of hydrogen-bond acceptors (Lipinski definition) is 2.